The van der Waals surface area contributed by atoms with Crippen LogP contribution in [0.1, 0.15) is 13.3 Å². The fourth-order valence-corrected chi connectivity index (χ4v) is 0.568. The SMILES string of the molecule is CC(CC=O)S(=O)(=O)[O-].[Na+]. The molecule has 0 saturated heterocycles. The molecule has 1 unspecified atom stereocenters. The van der Waals surface area contributed by atoms with E-state index in [-0.39, 0.29) is 36.0 Å². The standard InChI is InChI=1S/C4H8O4S.Na/c1-4(2-3-5)9(6,7)8;/h3-4H,2H2,1H3,(H,6,7,8);/q;+1/p-1. The molecule has 4 nitrogen and oxygen atoms in total. The molecular formula is C4H7NaO4S. The summed E-state index contributed by atoms with van der Waals surface area (Å²) >= 11 is 0. The van der Waals surface area contributed by atoms with Gasteiger partial charge in [-0.25, -0.2) is 8.42 Å². The second kappa shape index (κ2) is 5.26. The van der Waals surface area contributed by atoms with Crippen molar-refractivity contribution in [3.8, 4) is 0 Å². The Bertz CT molecular complexity index is 185. The van der Waals surface area contributed by atoms with Crippen LogP contribution < -0.4 is 29.6 Å². The predicted octanol–water partition coefficient (Wildman–Crippen LogP) is -3.49. The number of hydrogen-bond acceptors (Lipinski definition) is 4. The molecule has 0 radical (unpaired) electrons. The Morgan fingerprint density at radius 3 is 2.10 bits per heavy atom. The number of rotatable bonds is 3. The van der Waals surface area contributed by atoms with Gasteiger partial charge in [0, 0.05) is 6.42 Å². The van der Waals surface area contributed by atoms with Gasteiger partial charge in [0.15, 0.2) is 0 Å². The molecule has 0 saturated carbocycles. The molecule has 0 amide bonds. The molecule has 0 aromatic carbocycles. The van der Waals surface area contributed by atoms with Crippen LogP contribution in [0.25, 0.3) is 0 Å². The summed E-state index contributed by atoms with van der Waals surface area (Å²) in [6.45, 7) is 1.21. The monoisotopic (exact) mass is 174 g/mol. The predicted molar refractivity (Wildman–Crippen MR) is 29.8 cm³/mol. The number of carbonyl (C=O) groups excluding carboxylic acids is 1. The van der Waals surface area contributed by atoms with Gasteiger partial charge >= 0.3 is 29.6 Å². The van der Waals surface area contributed by atoms with Crippen molar-refractivity contribution in [1.82, 2.24) is 0 Å². The van der Waals surface area contributed by atoms with Crippen LogP contribution in [-0.2, 0) is 14.9 Å². The van der Waals surface area contributed by atoms with Crippen molar-refractivity contribution in [1.29, 1.82) is 0 Å². The van der Waals surface area contributed by atoms with E-state index < -0.39 is 15.4 Å². The third kappa shape index (κ3) is 5.37. The third-order valence-corrected chi connectivity index (χ3v) is 2.10. The van der Waals surface area contributed by atoms with Gasteiger partial charge in [0.25, 0.3) is 0 Å². The molecular weight excluding hydrogens is 167 g/mol. The molecule has 0 aromatic heterocycles. The second-order valence-corrected chi connectivity index (χ2v) is 3.50. The van der Waals surface area contributed by atoms with E-state index in [0.29, 0.717) is 6.29 Å². The van der Waals surface area contributed by atoms with Crippen LogP contribution in [0.5, 0.6) is 0 Å². The van der Waals surface area contributed by atoms with E-state index in [1.54, 1.807) is 0 Å². The third-order valence-electron chi connectivity index (χ3n) is 0.921. The Labute approximate surface area is 82.0 Å². The summed E-state index contributed by atoms with van der Waals surface area (Å²) in [6, 6.07) is 0. The van der Waals surface area contributed by atoms with Crippen LogP contribution in [0, 0.1) is 0 Å². The van der Waals surface area contributed by atoms with Crippen molar-refractivity contribution in [2.75, 3.05) is 0 Å². The summed E-state index contributed by atoms with van der Waals surface area (Å²) < 4.78 is 30.0. The van der Waals surface area contributed by atoms with Gasteiger partial charge in [-0.1, -0.05) is 0 Å². The summed E-state index contributed by atoms with van der Waals surface area (Å²) in [5.74, 6) is 0. The Balaban J connectivity index is 0. The van der Waals surface area contributed by atoms with E-state index in [9.17, 15) is 17.8 Å². The van der Waals surface area contributed by atoms with Crippen molar-refractivity contribution in [2.45, 2.75) is 18.6 Å². The maximum atomic E-state index is 10.0. The fourth-order valence-electron chi connectivity index (χ4n) is 0.253. The molecule has 6 heteroatoms. The van der Waals surface area contributed by atoms with Crippen molar-refractivity contribution < 1.29 is 47.3 Å². The Morgan fingerprint density at radius 2 is 2.00 bits per heavy atom. The first-order valence-corrected chi connectivity index (χ1v) is 3.84. The molecule has 0 aliphatic carbocycles. The average molecular weight is 174 g/mol. The smallest absolute Gasteiger partial charge is 0.748 e. The van der Waals surface area contributed by atoms with Gasteiger partial charge < -0.3 is 9.35 Å². The number of carbonyl (C=O) groups is 1. The van der Waals surface area contributed by atoms with Crippen molar-refractivity contribution in [2.24, 2.45) is 0 Å². The molecule has 1 atom stereocenters. The minimum atomic E-state index is -4.25. The molecule has 0 aromatic rings. The molecule has 0 N–H and O–H groups in total. The number of aldehydes is 1. The van der Waals surface area contributed by atoms with Crippen LogP contribution >= 0.6 is 0 Å². The van der Waals surface area contributed by atoms with E-state index in [0.717, 1.165) is 0 Å². The van der Waals surface area contributed by atoms with Gasteiger partial charge in [0.1, 0.15) is 6.29 Å². The van der Waals surface area contributed by atoms with Crippen LogP contribution in [0.3, 0.4) is 0 Å². The maximum Gasteiger partial charge on any atom is 1.00 e. The molecule has 54 valence electrons. The quantitative estimate of drug-likeness (QED) is 0.253. The van der Waals surface area contributed by atoms with Gasteiger partial charge in [-0.2, -0.15) is 0 Å². The zero-order valence-electron chi connectivity index (χ0n) is 5.90. The summed E-state index contributed by atoms with van der Waals surface area (Å²) in [6.07, 6.45) is 0.200. The summed E-state index contributed by atoms with van der Waals surface area (Å²) in [4.78, 5) is 9.66. The second-order valence-electron chi connectivity index (χ2n) is 1.71. The van der Waals surface area contributed by atoms with Gasteiger partial charge in [0.2, 0.25) is 0 Å². The van der Waals surface area contributed by atoms with E-state index in [1.807, 2.05) is 0 Å². The molecule has 0 aliphatic rings. The van der Waals surface area contributed by atoms with Gasteiger partial charge in [-0.15, -0.1) is 0 Å². The van der Waals surface area contributed by atoms with E-state index >= 15 is 0 Å². The molecule has 0 heterocycles. The Morgan fingerprint density at radius 1 is 1.60 bits per heavy atom. The zero-order valence-corrected chi connectivity index (χ0v) is 8.72. The van der Waals surface area contributed by atoms with E-state index in [2.05, 4.69) is 0 Å². The van der Waals surface area contributed by atoms with Crippen LogP contribution in [0.2, 0.25) is 0 Å². The minimum Gasteiger partial charge on any atom is -0.748 e. The van der Waals surface area contributed by atoms with Crippen LogP contribution in [0.4, 0.5) is 0 Å². The Hall–Kier alpha value is 0.580. The van der Waals surface area contributed by atoms with E-state index in [1.165, 1.54) is 6.92 Å². The zero-order chi connectivity index (χ0) is 7.49. The van der Waals surface area contributed by atoms with Crippen LogP contribution in [0.15, 0.2) is 0 Å². The van der Waals surface area contributed by atoms with Crippen LogP contribution in [-0.4, -0.2) is 24.5 Å². The topological polar surface area (TPSA) is 74.3 Å². The first-order chi connectivity index (χ1) is 3.98. The van der Waals surface area contributed by atoms with Gasteiger partial charge in [-0.3, -0.25) is 0 Å². The maximum absolute atomic E-state index is 10.0. The van der Waals surface area contributed by atoms with Crippen molar-refractivity contribution in [3.63, 3.8) is 0 Å². The first kappa shape index (κ1) is 13.2. The molecule has 0 fully saturated rings. The van der Waals surface area contributed by atoms with Gasteiger partial charge in [0.05, 0.1) is 15.4 Å². The summed E-state index contributed by atoms with van der Waals surface area (Å²) in [5.41, 5.74) is 0. The first-order valence-electron chi connectivity index (χ1n) is 2.37. The fraction of sp³-hybridized carbons (Fsp3) is 0.750. The van der Waals surface area contributed by atoms with E-state index in [4.69, 9.17) is 0 Å². The number of hydrogen-bond donors (Lipinski definition) is 0. The Kier molecular flexibility index (Phi) is 6.94. The summed E-state index contributed by atoms with van der Waals surface area (Å²) in [5, 5.41) is -1.09. The van der Waals surface area contributed by atoms with Crippen molar-refractivity contribution >= 4 is 16.4 Å². The molecule has 10 heavy (non-hydrogen) atoms. The summed E-state index contributed by atoms with van der Waals surface area (Å²) in [7, 11) is -4.25. The minimum absolute atomic E-state index is 0. The van der Waals surface area contributed by atoms with Gasteiger partial charge in [-0.05, 0) is 6.92 Å². The molecule has 0 aliphatic heterocycles. The normalized spacial score (nSPS) is 13.4. The average Bonchev–Trinajstić information content (AvgIpc) is 1.64. The van der Waals surface area contributed by atoms with Crippen molar-refractivity contribution in [3.05, 3.63) is 0 Å². The molecule has 0 rings (SSSR count). The molecule has 0 bridgehead atoms. The molecule has 0 spiro atoms. The largest absolute Gasteiger partial charge is 1.00 e.